The number of ether oxygens (including phenoxy) is 2. The van der Waals surface area contributed by atoms with Crippen LogP contribution in [-0.4, -0.2) is 44.6 Å². The van der Waals surface area contributed by atoms with Gasteiger partial charge in [0.05, 0.1) is 19.1 Å². The molecule has 1 fully saturated rings. The number of likely N-dealkylation sites (tertiary alicyclic amines) is 1. The van der Waals surface area contributed by atoms with E-state index in [0.29, 0.717) is 17.4 Å². The molecule has 1 aliphatic heterocycles. The van der Waals surface area contributed by atoms with Crippen LogP contribution in [0.1, 0.15) is 30.1 Å². The summed E-state index contributed by atoms with van der Waals surface area (Å²) < 4.78 is 13.6. The fourth-order valence-electron chi connectivity index (χ4n) is 3.69. The second-order valence-electron chi connectivity index (χ2n) is 7.07. The Bertz CT molecular complexity index is 926. The second-order valence-corrected chi connectivity index (χ2v) is 7.07. The molecule has 3 heterocycles. The van der Waals surface area contributed by atoms with Gasteiger partial charge in [-0.3, -0.25) is 9.88 Å². The first-order valence-corrected chi connectivity index (χ1v) is 9.54. The number of piperidine rings is 1. The van der Waals surface area contributed by atoms with E-state index in [0.717, 1.165) is 38.2 Å². The van der Waals surface area contributed by atoms with Crippen LogP contribution in [0.2, 0.25) is 0 Å². The Morgan fingerprint density at radius 2 is 1.96 bits per heavy atom. The number of aryl methyl sites for hydroxylation is 1. The summed E-state index contributed by atoms with van der Waals surface area (Å²) in [7, 11) is 3.67. The van der Waals surface area contributed by atoms with E-state index in [4.69, 9.17) is 9.47 Å². The third-order valence-corrected chi connectivity index (χ3v) is 5.16. The maximum Gasteiger partial charge on any atom is 0.241 e. The molecular formula is C21H25N5O2. The summed E-state index contributed by atoms with van der Waals surface area (Å²) in [4.78, 5) is 15.8. The molecule has 146 valence electrons. The van der Waals surface area contributed by atoms with Gasteiger partial charge in [0.15, 0.2) is 11.5 Å². The number of hydrogen-bond acceptors (Lipinski definition) is 6. The predicted octanol–water partition coefficient (Wildman–Crippen LogP) is 3.39. The average molecular weight is 379 g/mol. The molecule has 0 radical (unpaired) electrons. The van der Waals surface area contributed by atoms with Crippen molar-refractivity contribution in [1.29, 1.82) is 0 Å². The Kier molecular flexibility index (Phi) is 5.53. The molecule has 4 rings (SSSR count). The van der Waals surface area contributed by atoms with Crippen molar-refractivity contribution in [2.45, 2.75) is 25.3 Å². The summed E-state index contributed by atoms with van der Waals surface area (Å²) in [6.07, 6.45) is 9.38. The second kappa shape index (κ2) is 8.39. The zero-order valence-corrected chi connectivity index (χ0v) is 16.3. The lowest BCUT2D eigenvalue weighted by atomic mass is 9.94. The van der Waals surface area contributed by atoms with E-state index >= 15 is 0 Å². The van der Waals surface area contributed by atoms with Crippen molar-refractivity contribution < 1.29 is 9.47 Å². The van der Waals surface area contributed by atoms with Crippen LogP contribution in [0.3, 0.4) is 0 Å². The van der Waals surface area contributed by atoms with E-state index in [2.05, 4.69) is 24.4 Å². The number of benzene rings is 1. The van der Waals surface area contributed by atoms with Gasteiger partial charge in [-0.15, -0.1) is 0 Å². The monoisotopic (exact) mass is 379 g/mol. The largest absolute Gasteiger partial charge is 0.493 e. The summed E-state index contributed by atoms with van der Waals surface area (Å²) in [5.41, 5.74) is 2.12. The van der Waals surface area contributed by atoms with Crippen LogP contribution in [0.4, 0.5) is 0 Å². The minimum Gasteiger partial charge on any atom is -0.493 e. The molecule has 1 unspecified atom stereocenters. The van der Waals surface area contributed by atoms with Crippen molar-refractivity contribution in [3.05, 3.63) is 60.6 Å². The first kappa shape index (κ1) is 18.4. The van der Waals surface area contributed by atoms with Gasteiger partial charge in [0.2, 0.25) is 5.88 Å². The Balaban J connectivity index is 1.53. The molecule has 7 nitrogen and oxygen atoms in total. The highest BCUT2D eigenvalue weighted by Gasteiger charge is 2.26. The van der Waals surface area contributed by atoms with Crippen LogP contribution in [0, 0.1) is 0 Å². The van der Waals surface area contributed by atoms with Crippen molar-refractivity contribution in [1.82, 2.24) is 24.4 Å². The quantitative estimate of drug-likeness (QED) is 0.654. The van der Waals surface area contributed by atoms with Gasteiger partial charge in [0.1, 0.15) is 5.69 Å². The summed E-state index contributed by atoms with van der Waals surface area (Å²) in [6, 6.07) is 7.60. The Hall–Kier alpha value is -2.93. The minimum absolute atomic E-state index is 0.278. The van der Waals surface area contributed by atoms with Gasteiger partial charge in [-0.25, -0.2) is 9.97 Å². The van der Waals surface area contributed by atoms with Gasteiger partial charge in [0, 0.05) is 44.6 Å². The Morgan fingerprint density at radius 3 is 2.75 bits per heavy atom. The van der Waals surface area contributed by atoms with Crippen molar-refractivity contribution >= 4 is 0 Å². The number of methoxy groups -OCH3 is 1. The van der Waals surface area contributed by atoms with Gasteiger partial charge >= 0.3 is 0 Å². The highest BCUT2D eigenvalue weighted by atomic mass is 16.5. The summed E-state index contributed by atoms with van der Waals surface area (Å²) in [5, 5.41) is 0. The SMILES string of the molecule is COc1ccccc1Oc1nccnc1C1CCCN(Cc2cncn2C)C1. The van der Waals surface area contributed by atoms with E-state index in [-0.39, 0.29) is 5.92 Å². The van der Waals surface area contributed by atoms with Crippen LogP contribution in [0.15, 0.2) is 49.2 Å². The normalized spacial score (nSPS) is 17.4. The Morgan fingerprint density at radius 1 is 1.14 bits per heavy atom. The van der Waals surface area contributed by atoms with Crippen molar-refractivity contribution in [2.75, 3.05) is 20.2 Å². The number of imidazole rings is 1. The molecule has 28 heavy (non-hydrogen) atoms. The molecule has 1 atom stereocenters. The third-order valence-electron chi connectivity index (χ3n) is 5.16. The van der Waals surface area contributed by atoms with Crippen LogP contribution >= 0.6 is 0 Å². The lowest BCUT2D eigenvalue weighted by Crippen LogP contribution is -2.34. The van der Waals surface area contributed by atoms with Crippen LogP contribution in [0.25, 0.3) is 0 Å². The molecule has 0 amide bonds. The molecule has 1 aliphatic rings. The van der Waals surface area contributed by atoms with Crippen molar-refractivity contribution in [2.24, 2.45) is 7.05 Å². The molecule has 1 saturated heterocycles. The molecule has 0 aliphatic carbocycles. The van der Waals surface area contributed by atoms with E-state index < -0.39 is 0 Å². The molecule has 2 aromatic heterocycles. The third kappa shape index (κ3) is 3.99. The molecule has 0 spiro atoms. The number of nitrogens with zero attached hydrogens (tertiary/aromatic N) is 5. The molecule has 3 aromatic rings. The molecule has 1 aromatic carbocycles. The first-order valence-electron chi connectivity index (χ1n) is 9.54. The minimum atomic E-state index is 0.278. The van der Waals surface area contributed by atoms with Crippen molar-refractivity contribution in [3.63, 3.8) is 0 Å². The first-order chi connectivity index (χ1) is 13.7. The topological polar surface area (TPSA) is 65.3 Å². The number of para-hydroxylation sites is 2. The van der Waals surface area contributed by atoms with Crippen LogP contribution < -0.4 is 9.47 Å². The summed E-state index contributed by atoms with van der Waals surface area (Å²) in [5.74, 6) is 2.16. The zero-order valence-electron chi connectivity index (χ0n) is 16.3. The molecular weight excluding hydrogens is 354 g/mol. The Labute approximate surface area is 165 Å². The highest BCUT2D eigenvalue weighted by Crippen LogP contribution is 2.35. The molecule has 0 N–H and O–H groups in total. The van der Waals surface area contributed by atoms with Gasteiger partial charge in [0.25, 0.3) is 0 Å². The fraction of sp³-hybridized carbons (Fsp3) is 0.381. The maximum atomic E-state index is 6.11. The highest BCUT2D eigenvalue weighted by molar-refractivity contribution is 5.42. The lowest BCUT2D eigenvalue weighted by molar-refractivity contribution is 0.193. The summed E-state index contributed by atoms with van der Waals surface area (Å²) >= 11 is 0. The van der Waals surface area contributed by atoms with Crippen molar-refractivity contribution in [3.8, 4) is 17.4 Å². The smallest absolute Gasteiger partial charge is 0.241 e. The van der Waals surface area contributed by atoms with E-state index in [1.54, 1.807) is 19.5 Å². The number of rotatable bonds is 6. The van der Waals surface area contributed by atoms with Crippen LogP contribution in [-0.2, 0) is 13.6 Å². The van der Waals surface area contributed by atoms with E-state index in [1.807, 2.05) is 43.8 Å². The zero-order chi connectivity index (χ0) is 19.3. The van der Waals surface area contributed by atoms with Gasteiger partial charge in [-0.2, -0.15) is 0 Å². The van der Waals surface area contributed by atoms with Crippen LogP contribution in [0.5, 0.6) is 17.4 Å². The van der Waals surface area contributed by atoms with Gasteiger partial charge in [-0.1, -0.05) is 12.1 Å². The molecule has 0 saturated carbocycles. The van der Waals surface area contributed by atoms with Gasteiger partial charge in [-0.05, 0) is 31.5 Å². The summed E-state index contributed by atoms with van der Waals surface area (Å²) in [6.45, 7) is 2.88. The fourth-order valence-corrected chi connectivity index (χ4v) is 3.69. The number of hydrogen-bond donors (Lipinski definition) is 0. The molecule has 0 bridgehead atoms. The standard InChI is InChI=1S/C21H25N5O2/c1-25-15-22-12-17(25)14-26-11-5-6-16(13-26)20-21(24-10-9-23-20)28-19-8-4-3-7-18(19)27-2/h3-4,7-10,12,15-16H,5-6,11,13-14H2,1-2H3. The predicted molar refractivity (Wildman–Crippen MR) is 106 cm³/mol. The van der Waals surface area contributed by atoms with E-state index in [1.165, 1.54) is 5.69 Å². The van der Waals surface area contributed by atoms with E-state index in [9.17, 15) is 0 Å². The molecule has 7 heteroatoms. The lowest BCUT2D eigenvalue weighted by Gasteiger charge is -2.32. The average Bonchev–Trinajstić information content (AvgIpc) is 3.13. The number of aromatic nitrogens is 4. The van der Waals surface area contributed by atoms with Gasteiger partial charge < -0.3 is 14.0 Å². The maximum absolute atomic E-state index is 6.11.